The average molecular weight is 312 g/mol. The van der Waals surface area contributed by atoms with Crippen molar-refractivity contribution in [1.82, 2.24) is 4.98 Å². The van der Waals surface area contributed by atoms with E-state index in [0.29, 0.717) is 22.2 Å². The Morgan fingerprint density at radius 2 is 2.00 bits per heavy atom. The minimum absolute atomic E-state index is 0.200. The Morgan fingerprint density at radius 3 is 2.73 bits per heavy atom. The van der Waals surface area contributed by atoms with Crippen LogP contribution in [0.5, 0.6) is 0 Å². The number of halogens is 1. The molecule has 0 amide bonds. The number of carbonyl (C=O) groups excluding carboxylic acids is 1. The predicted octanol–water partition coefficient (Wildman–Crippen LogP) is 4.99. The fraction of sp³-hybridized carbons (Fsp3) is 0.111. The number of hydrogen-bond acceptors (Lipinski definition) is 3. The van der Waals surface area contributed by atoms with Crippen molar-refractivity contribution < 1.29 is 9.21 Å². The SMILES string of the molecule is Cc1ccc2nc(Cl)c(C=CC(=O)c3ccc(C)o3)cc2c1. The molecule has 2 heterocycles. The molecule has 0 fully saturated rings. The summed E-state index contributed by atoms with van der Waals surface area (Å²) in [4.78, 5) is 16.4. The van der Waals surface area contributed by atoms with Gasteiger partial charge in [-0.2, -0.15) is 0 Å². The van der Waals surface area contributed by atoms with Gasteiger partial charge in [-0.3, -0.25) is 4.79 Å². The van der Waals surface area contributed by atoms with E-state index in [4.69, 9.17) is 16.0 Å². The van der Waals surface area contributed by atoms with Crippen molar-refractivity contribution >= 4 is 34.4 Å². The number of rotatable bonds is 3. The van der Waals surface area contributed by atoms with Crippen LogP contribution in [0, 0.1) is 13.8 Å². The maximum absolute atomic E-state index is 12.0. The van der Waals surface area contributed by atoms with Gasteiger partial charge in [0.05, 0.1) is 5.52 Å². The fourth-order valence-electron chi connectivity index (χ4n) is 2.22. The fourth-order valence-corrected chi connectivity index (χ4v) is 2.43. The van der Waals surface area contributed by atoms with E-state index in [1.165, 1.54) is 6.08 Å². The second kappa shape index (κ2) is 5.78. The lowest BCUT2D eigenvalue weighted by atomic mass is 10.1. The summed E-state index contributed by atoms with van der Waals surface area (Å²) in [5.41, 5.74) is 2.69. The lowest BCUT2D eigenvalue weighted by Gasteiger charge is -2.03. The molecule has 0 spiro atoms. The monoisotopic (exact) mass is 311 g/mol. The quantitative estimate of drug-likeness (QED) is 0.388. The van der Waals surface area contributed by atoms with Crippen molar-refractivity contribution in [1.29, 1.82) is 0 Å². The number of aryl methyl sites for hydroxylation is 2. The summed E-state index contributed by atoms with van der Waals surface area (Å²) in [7, 11) is 0. The molecule has 0 bridgehead atoms. The van der Waals surface area contributed by atoms with Crippen LogP contribution in [0.4, 0.5) is 0 Å². The number of aromatic nitrogens is 1. The molecule has 0 unspecified atom stereocenters. The van der Waals surface area contributed by atoms with Crippen molar-refractivity contribution in [2.75, 3.05) is 0 Å². The summed E-state index contributed by atoms with van der Waals surface area (Å²) in [6.07, 6.45) is 3.11. The summed E-state index contributed by atoms with van der Waals surface area (Å²) < 4.78 is 5.30. The molecular weight excluding hydrogens is 298 g/mol. The Morgan fingerprint density at radius 1 is 1.18 bits per heavy atom. The van der Waals surface area contributed by atoms with Gasteiger partial charge in [-0.25, -0.2) is 4.98 Å². The first-order chi connectivity index (χ1) is 10.5. The zero-order valence-corrected chi connectivity index (χ0v) is 13.0. The van der Waals surface area contributed by atoms with Gasteiger partial charge in [-0.05, 0) is 56.3 Å². The molecule has 0 radical (unpaired) electrons. The number of hydrogen-bond donors (Lipinski definition) is 0. The number of benzene rings is 1. The molecule has 0 N–H and O–H groups in total. The standard InChI is InChI=1S/C18H14ClNO2/c1-11-3-6-15-14(9-11)10-13(18(19)20-15)5-7-16(21)17-8-4-12(2)22-17/h3-10H,1-2H3. The van der Waals surface area contributed by atoms with Gasteiger partial charge in [0, 0.05) is 10.9 Å². The highest BCUT2D eigenvalue weighted by atomic mass is 35.5. The normalized spacial score (nSPS) is 11.4. The first kappa shape index (κ1) is 14.5. The lowest BCUT2D eigenvalue weighted by molar-refractivity contribution is 0.102. The topological polar surface area (TPSA) is 43.1 Å². The van der Waals surface area contributed by atoms with Crippen LogP contribution in [-0.2, 0) is 0 Å². The Labute approximate surface area is 133 Å². The number of allylic oxidation sites excluding steroid dienone is 1. The van der Waals surface area contributed by atoms with Crippen LogP contribution >= 0.6 is 11.6 Å². The molecule has 0 aliphatic carbocycles. The van der Waals surface area contributed by atoms with Gasteiger partial charge >= 0.3 is 0 Å². The van der Waals surface area contributed by atoms with Crippen molar-refractivity contribution in [2.45, 2.75) is 13.8 Å². The number of carbonyl (C=O) groups is 1. The molecule has 3 aromatic rings. The number of ketones is 1. The van der Waals surface area contributed by atoms with E-state index in [-0.39, 0.29) is 5.78 Å². The largest absolute Gasteiger partial charge is 0.458 e. The molecule has 4 heteroatoms. The lowest BCUT2D eigenvalue weighted by Crippen LogP contribution is -1.91. The van der Waals surface area contributed by atoms with Crippen molar-refractivity contribution in [3.05, 3.63) is 70.3 Å². The Kier molecular flexibility index (Phi) is 3.82. The Hall–Kier alpha value is -2.39. The van der Waals surface area contributed by atoms with Crippen LogP contribution < -0.4 is 0 Å². The first-order valence-corrected chi connectivity index (χ1v) is 7.26. The summed E-state index contributed by atoms with van der Waals surface area (Å²) >= 11 is 6.18. The molecule has 0 aliphatic rings. The summed E-state index contributed by atoms with van der Waals surface area (Å²) in [6, 6.07) is 11.3. The van der Waals surface area contributed by atoms with Gasteiger partial charge in [0.25, 0.3) is 0 Å². The third-order valence-electron chi connectivity index (χ3n) is 3.35. The number of nitrogens with zero attached hydrogens (tertiary/aromatic N) is 1. The van der Waals surface area contributed by atoms with Gasteiger partial charge in [0.2, 0.25) is 5.78 Å². The van der Waals surface area contributed by atoms with E-state index in [1.54, 1.807) is 25.1 Å². The molecule has 0 atom stereocenters. The van der Waals surface area contributed by atoms with Crippen LogP contribution in [0.3, 0.4) is 0 Å². The van der Waals surface area contributed by atoms with E-state index in [2.05, 4.69) is 4.98 Å². The van der Waals surface area contributed by atoms with Gasteiger partial charge in [-0.1, -0.05) is 23.2 Å². The maximum Gasteiger partial charge on any atom is 0.221 e. The number of pyridine rings is 1. The molecule has 110 valence electrons. The molecule has 3 rings (SSSR count). The third kappa shape index (κ3) is 2.95. The highest BCUT2D eigenvalue weighted by molar-refractivity contribution is 6.31. The van der Waals surface area contributed by atoms with E-state index in [9.17, 15) is 4.79 Å². The smallest absolute Gasteiger partial charge is 0.221 e. The molecule has 3 nitrogen and oxygen atoms in total. The van der Waals surface area contributed by atoms with Crippen molar-refractivity contribution in [3.8, 4) is 0 Å². The minimum Gasteiger partial charge on any atom is -0.458 e. The van der Waals surface area contributed by atoms with E-state index in [0.717, 1.165) is 16.5 Å². The molecule has 22 heavy (non-hydrogen) atoms. The predicted molar refractivity (Wildman–Crippen MR) is 88.3 cm³/mol. The van der Waals surface area contributed by atoms with E-state index >= 15 is 0 Å². The van der Waals surface area contributed by atoms with Gasteiger partial charge in [-0.15, -0.1) is 0 Å². The van der Waals surface area contributed by atoms with Crippen LogP contribution in [-0.4, -0.2) is 10.8 Å². The molecule has 1 aromatic carbocycles. The maximum atomic E-state index is 12.0. The molecule has 0 saturated carbocycles. The highest BCUT2D eigenvalue weighted by Crippen LogP contribution is 2.23. The molecular formula is C18H14ClNO2. The number of fused-ring (bicyclic) bond motifs is 1. The van der Waals surface area contributed by atoms with Gasteiger partial charge in [0.1, 0.15) is 10.9 Å². The van der Waals surface area contributed by atoms with Crippen LogP contribution in [0.15, 0.2) is 46.9 Å². The zero-order valence-electron chi connectivity index (χ0n) is 12.3. The number of furan rings is 1. The first-order valence-electron chi connectivity index (χ1n) is 6.89. The van der Waals surface area contributed by atoms with Crippen molar-refractivity contribution in [3.63, 3.8) is 0 Å². The second-order valence-electron chi connectivity index (χ2n) is 5.17. The molecule has 0 saturated heterocycles. The highest BCUT2D eigenvalue weighted by Gasteiger charge is 2.07. The van der Waals surface area contributed by atoms with Gasteiger partial charge < -0.3 is 4.42 Å². The molecule has 0 aliphatic heterocycles. The summed E-state index contributed by atoms with van der Waals surface area (Å²) in [6.45, 7) is 3.82. The van der Waals surface area contributed by atoms with Crippen LogP contribution in [0.1, 0.15) is 27.4 Å². The Balaban J connectivity index is 1.94. The van der Waals surface area contributed by atoms with Gasteiger partial charge in [0.15, 0.2) is 5.76 Å². The average Bonchev–Trinajstić information content (AvgIpc) is 2.92. The van der Waals surface area contributed by atoms with E-state index in [1.807, 2.05) is 31.2 Å². The van der Waals surface area contributed by atoms with Crippen molar-refractivity contribution in [2.24, 2.45) is 0 Å². The third-order valence-corrected chi connectivity index (χ3v) is 3.65. The van der Waals surface area contributed by atoms with E-state index < -0.39 is 0 Å². The second-order valence-corrected chi connectivity index (χ2v) is 5.53. The van der Waals surface area contributed by atoms with Crippen LogP contribution in [0.2, 0.25) is 5.15 Å². The van der Waals surface area contributed by atoms with Crippen LogP contribution in [0.25, 0.3) is 17.0 Å². The minimum atomic E-state index is -0.200. The Bertz CT molecular complexity index is 893. The summed E-state index contributed by atoms with van der Waals surface area (Å²) in [5, 5.41) is 1.36. The summed E-state index contributed by atoms with van der Waals surface area (Å²) in [5.74, 6) is 0.820. The molecule has 2 aromatic heterocycles. The zero-order chi connectivity index (χ0) is 15.7.